The predicted octanol–water partition coefficient (Wildman–Crippen LogP) is 5.64. The van der Waals surface area contributed by atoms with Gasteiger partial charge in [-0.15, -0.1) is 0 Å². The Labute approximate surface area is 169 Å². The molecule has 3 rings (SSSR count). The van der Waals surface area contributed by atoms with Gasteiger partial charge in [0.05, 0.1) is 16.7 Å². The summed E-state index contributed by atoms with van der Waals surface area (Å²) in [5.74, 6) is 0.600. The van der Waals surface area contributed by atoms with E-state index in [4.69, 9.17) is 4.74 Å². The Kier molecular flexibility index (Phi) is 6.31. The molecule has 0 aliphatic rings. The maximum absolute atomic E-state index is 12.8. The lowest BCUT2D eigenvalue weighted by molar-refractivity contribution is -0.384. The number of hydrogen-bond donors (Lipinski definition) is 1. The first kappa shape index (κ1) is 20.8. The van der Waals surface area contributed by atoms with Gasteiger partial charge in [-0.1, -0.05) is 42.5 Å². The number of alkyl halides is 3. The van der Waals surface area contributed by atoms with E-state index in [1.54, 1.807) is 24.3 Å². The molecule has 6 nitrogen and oxygen atoms in total. The number of ether oxygens (including phenoxy) is 1. The molecule has 0 amide bonds. The highest BCUT2D eigenvalue weighted by molar-refractivity contribution is 5.81. The molecule has 0 spiro atoms. The van der Waals surface area contributed by atoms with Crippen LogP contribution in [0.15, 0.2) is 77.9 Å². The molecule has 3 aromatic carbocycles. The van der Waals surface area contributed by atoms with Crippen LogP contribution in [0.3, 0.4) is 0 Å². The predicted molar refractivity (Wildman–Crippen MR) is 107 cm³/mol. The van der Waals surface area contributed by atoms with Crippen LogP contribution in [0.1, 0.15) is 16.7 Å². The van der Waals surface area contributed by atoms with Crippen molar-refractivity contribution in [2.75, 3.05) is 5.43 Å². The molecule has 0 saturated carbocycles. The molecule has 0 atom stereocenters. The second-order valence-corrected chi connectivity index (χ2v) is 6.20. The first-order chi connectivity index (χ1) is 14.3. The molecule has 9 heteroatoms. The maximum atomic E-state index is 12.8. The number of nitrogens with zero attached hydrogens (tertiary/aromatic N) is 2. The third-order valence-corrected chi connectivity index (χ3v) is 4.03. The molecule has 0 aliphatic heterocycles. The van der Waals surface area contributed by atoms with Gasteiger partial charge >= 0.3 is 6.18 Å². The number of anilines is 1. The molecule has 3 aromatic rings. The van der Waals surface area contributed by atoms with E-state index in [1.165, 1.54) is 6.21 Å². The summed E-state index contributed by atoms with van der Waals surface area (Å²) in [6, 6.07) is 18.8. The maximum Gasteiger partial charge on any atom is 0.416 e. The molecule has 30 heavy (non-hydrogen) atoms. The molecule has 0 unspecified atom stereocenters. The van der Waals surface area contributed by atoms with Gasteiger partial charge in [0.2, 0.25) is 0 Å². The first-order valence-electron chi connectivity index (χ1n) is 8.74. The Bertz CT molecular complexity index is 1050. The third-order valence-electron chi connectivity index (χ3n) is 4.03. The summed E-state index contributed by atoms with van der Waals surface area (Å²) in [5.41, 5.74) is 2.09. The Morgan fingerprint density at radius 3 is 2.50 bits per heavy atom. The quantitative estimate of drug-likeness (QED) is 0.308. The van der Waals surface area contributed by atoms with E-state index in [0.29, 0.717) is 24.0 Å². The zero-order valence-electron chi connectivity index (χ0n) is 15.5. The van der Waals surface area contributed by atoms with Gasteiger partial charge in [-0.25, -0.2) is 0 Å². The molecule has 0 radical (unpaired) electrons. The number of halogens is 3. The number of nitro groups is 1. The van der Waals surface area contributed by atoms with Gasteiger partial charge in [-0.3, -0.25) is 15.5 Å². The van der Waals surface area contributed by atoms with Gasteiger partial charge in [-0.2, -0.15) is 18.3 Å². The third kappa shape index (κ3) is 5.57. The van der Waals surface area contributed by atoms with Crippen molar-refractivity contribution in [3.05, 3.63) is 99.6 Å². The number of nitro benzene ring substituents is 1. The molecular formula is C21H16F3N3O3. The minimum absolute atomic E-state index is 0.152. The number of rotatable bonds is 7. The van der Waals surface area contributed by atoms with Crippen LogP contribution in [0.5, 0.6) is 5.75 Å². The van der Waals surface area contributed by atoms with Gasteiger partial charge in [0.1, 0.15) is 18.0 Å². The van der Waals surface area contributed by atoms with Crippen LogP contribution in [0.4, 0.5) is 24.5 Å². The summed E-state index contributed by atoms with van der Waals surface area (Å²) in [4.78, 5) is 10.2. The van der Waals surface area contributed by atoms with Gasteiger partial charge < -0.3 is 4.74 Å². The largest absolute Gasteiger partial charge is 0.489 e. The molecule has 0 aliphatic carbocycles. The van der Waals surface area contributed by atoms with Crippen LogP contribution in [-0.4, -0.2) is 11.1 Å². The summed E-state index contributed by atoms with van der Waals surface area (Å²) in [6.07, 6.45) is -3.29. The van der Waals surface area contributed by atoms with Crippen LogP contribution in [-0.2, 0) is 12.8 Å². The average molecular weight is 415 g/mol. The Hall–Kier alpha value is -3.88. The van der Waals surface area contributed by atoms with E-state index in [1.807, 2.05) is 30.3 Å². The molecule has 0 bridgehead atoms. The smallest absolute Gasteiger partial charge is 0.416 e. The minimum atomic E-state index is -4.67. The normalized spacial score (nSPS) is 11.4. The topological polar surface area (TPSA) is 76.8 Å². The SMILES string of the molecule is O=[N+]([O-])c1cc(C(F)(F)F)ccc1NN=Cc1cccc(OCc2ccccc2)c1. The molecule has 154 valence electrons. The van der Waals surface area contributed by atoms with E-state index in [2.05, 4.69) is 10.5 Å². The average Bonchev–Trinajstić information content (AvgIpc) is 2.72. The molecular weight excluding hydrogens is 399 g/mol. The fourth-order valence-electron chi connectivity index (χ4n) is 2.56. The standard InChI is InChI=1S/C21H16F3N3O3/c22-21(23,24)17-9-10-19(20(12-17)27(28)29)26-25-13-16-7-4-8-18(11-16)30-14-15-5-2-1-3-6-15/h1-13,26H,14H2. The lowest BCUT2D eigenvalue weighted by Gasteiger charge is -2.08. The van der Waals surface area contributed by atoms with Crippen molar-refractivity contribution < 1.29 is 22.8 Å². The minimum Gasteiger partial charge on any atom is -0.489 e. The fourth-order valence-corrected chi connectivity index (χ4v) is 2.56. The summed E-state index contributed by atoms with van der Waals surface area (Å²) in [5, 5.41) is 15.0. The van der Waals surface area contributed by atoms with Crippen molar-refractivity contribution in [2.24, 2.45) is 5.10 Å². The van der Waals surface area contributed by atoms with E-state index in [-0.39, 0.29) is 5.69 Å². The summed E-state index contributed by atoms with van der Waals surface area (Å²) in [6.45, 7) is 0.386. The van der Waals surface area contributed by atoms with Crippen molar-refractivity contribution in [1.82, 2.24) is 0 Å². The van der Waals surface area contributed by atoms with E-state index in [0.717, 1.165) is 17.7 Å². The lowest BCUT2D eigenvalue weighted by Crippen LogP contribution is -2.06. The van der Waals surface area contributed by atoms with Crippen molar-refractivity contribution in [3.8, 4) is 5.75 Å². The van der Waals surface area contributed by atoms with Gasteiger partial charge in [0.15, 0.2) is 0 Å². The molecule has 0 aromatic heterocycles. The van der Waals surface area contributed by atoms with Gasteiger partial charge in [0, 0.05) is 6.07 Å². The first-order valence-corrected chi connectivity index (χ1v) is 8.74. The van der Waals surface area contributed by atoms with E-state index >= 15 is 0 Å². The number of hydrogen-bond acceptors (Lipinski definition) is 5. The Morgan fingerprint density at radius 1 is 1.03 bits per heavy atom. The number of benzene rings is 3. The van der Waals surface area contributed by atoms with Crippen molar-refractivity contribution in [2.45, 2.75) is 12.8 Å². The lowest BCUT2D eigenvalue weighted by atomic mass is 10.1. The summed E-state index contributed by atoms with van der Waals surface area (Å²) in [7, 11) is 0. The van der Waals surface area contributed by atoms with Crippen molar-refractivity contribution in [1.29, 1.82) is 0 Å². The zero-order valence-corrected chi connectivity index (χ0v) is 15.5. The summed E-state index contributed by atoms with van der Waals surface area (Å²) < 4.78 is 44.0. The van der Waals surface area contributed by atoms with Gasteiger partial charge in [0.25, 0.3) is 5.69 Å². The van der Waals surface area contributed by atoms with Gasteiger partial charge in [-0.05, 0) is 35.4 Å². The second kappa shape index (κ2) is 9.08. The van der Waals surface area contributed by atoms with Crippen LogP contribution in [0, 0.1) is 10.1 Å². The van der Waals surface area contributed by atoms with Crippen LogP contribution in [0.2, 0.25) is 0 Å². The molecule has 0 fully saturated rings. The molecule has 0 saturated heterocycles. The van der Waals surface area contributed by atoms with Crippen LogP contribution in [0.25, 0.3) is 0 Å². The Morgan fingerprint density at radius 2 is 1.80 bits per heavy atom. The summed E-state index contributed by atoms with van der Waals surface area (Å²) >= 11 is 0. The monoisotopic (exact) mass is 415 g/mol. The Balaban J connectivity index is 1.69. The fraction of sp³-hybridized carbons (Fsp3) is 0.0952. The van der Waals surface area contributed by atoms with Crippen molar-refractivity contribution in [3.63, 3.8) is 0 Å². The highest BCUT2D eigenvalue weighted by atomic mass is 19.4. The zero-order chi connectivity index (χ0) is 21.6. The highest BCUT2D eigenvalue weighted by Gasteiger charge is 2.33. The number of hydrazone groups is 1. The second-order valence-electron chi connectivity index (χ2n) is 6.20. The number of nitrogens with one attached hydrogen (secondary N) is 1. The van der Waals surface area contributed by atoms with Crippen LogP contribution < -0.4 is 10.2 Å². The van der Waals surface area contributed by atoms with E-state index < -0.39 is 22.4 Å². The highest BCUT2D eigenvalue weighted by Crippen LogP contribution is 2.34. The van der Waals surface area contributed by atoms with E-state index in [9.17, 15) is 23.3 Å². The van der Waals surface area contributed by atoms with Crippen LogP contribution >= 0.6 is 0 Å². The molecule has 1 N–H and O–H groups in total. The van der Waals surface area contributed by atoms with Crippen molar-refractivity contribution >= 4 is 17.6 Å². The molecule has 0 heterocycles.